The van der Waals surface area contributed by atoms with Crippen molar-refractivity contribution < 1.29 is 4.79 Å². The number of nitrogens with two attached hydrogens (primary N) is 1. The molecule has 5 heteroatoms. The van der Waals surface area contributed by atoms with E-state index in [-0.39, 0.29) is 11.4 Å². The highest BCUT2D eigenvalue weighted by Crippen LogP contribution is 2.25. The molecule has 0 aromatic heterocycles. The average molecular weight is 393 g/mol. The first-order valence-electron chi connectivity index (χ1n) is 6.52. The van der Waals surface area contributed by atoms with E-state index in [0.29, 0.717) is 17.1 Å². The van der Waals surface area contributed by atoms with Gasteiger partial charge in [0, 0.05) is 20.7 Å². The van der Waals surface area contributed by atoms with Crippen LogP contribution in [0.2, 0.25) is 5.02 Å². The Hall–Kier alpha value is -0.330. The molecular formula is C14H18ClIN2O. The van der Waals surface area contributed by atoms with E-state index < -0.39 is 0 Å². The molecule has 1 aliphatic rings. The first-order valence-corrected chi connectivity index (χ1v) is 7.98. The number of halogens is 2. The third-order valence-corrected chi connectivity index (χ3v) is 4.80. The smallest absolute Gasteiger partial charge is 0.252 e. The second-order valence-corrected chi connectivity index (χ2v) is 6.83. The van der Waals surface area contributed by atoms with Crippen molar-refractivity contribution in [3.05, 3.63) is 32.4 Å². The third-order valence-electron chi connectivity index (χ3n) is 3.62. The van der Waals surface area contributed by atoms with Gasteiger partial charge in [0.05, 0.1) is 5.56 Å². The van der Waals surface area contributed by atoms with Gasteiger partial charge in [-0.15, -0.1) is 0 Å². The summed E-state index contributed by atoms with van der Waals surface area (Å²) in [7, 11) is 0. The van der Waals surface area contributed by atoms with Gasteiger partial charge in [-0.05, 0) is 53.6 Å². The van der Waals surface area contributed by atoms with Gasteiger partial charge >= 0.3 is 0 Å². The maximum Gasteiger partial charge on any atom is 0.252 e. The van der Waals surface area contributed by atoms with Crippen molar-refractivity contribution in [2.75, 3.05) is 6.54 Å². The summed E-state index contributed by atoms with van der Waals surface area (Å²) >= 11 is 8.07. The average Bonchev–Trinajstić information content (AvgIpc) is 2.40. The summed E-state index contributed by atoms with van der Waals surface area (Å²) in [5.41, 5.74) is 6.69. The number of carbonyl (C=O) groups is 1. The lowest BCUT2D eigenvalue weighted by Gasteiger charge is -2.33. The highest BCUT2D eigenvalue weighted by Gasteiger charge is 2.28. The lowest BCUT2D eigenvalue weighted by molar-refractivity contribution is 0.0937. The Kier molecular flexibility index (Phi) is 5.09. The number of rotatable bonds is 3. The Balaban J connectivity index is 1.99. The molecule has 1 aromatic rings. The van der Waals surface area contributed by atoms with E-state index in [0.717, 1.165) is 29.3 Å². The zero-order valence-corrected chi connectivity index (χ0v) is 13.6. The molecule has 19 heavy (non-hydrogen) atoms. The van der Waals surface area contributed by atoms with Gasteiger partial charge in [-0.2, -0.15) is 0 Å². The Bertz CT molecular complexity index is 473. The van der Waals surface area contributed by atoms with Crippen LogP contribution in [0.15, 0.2) is 18.2 Å². The van der Waals surface area contributed by atoms with Crippen molar-refractivity contribution in [1.82, 2.24) is 5.32 Å². The monoisotopic (exact) mass is 392 g/mol. The summed E-state index contributed by atoms with van der Waals surface area (Å²) in [6.45, 7) is 0.536. The van der Waals surface area contributed by atoms with Gasteiger partial charge < -0.3 is 11.1 Å². The van der Waals surface area contributed by atoms with Crippen molar-refractivity contribution in [3.8, 4) is 0 Å². The van der Waals surface area contributed by atoms with Crippen LogP contribution in [0, 0.1) is 3.57 Å². The third kappa shape index (κ3) is 4.07. The second kappa shape index (κ2) is 6.41. The van der Waals surface area contributed by atoms with Gasteiger partial charge in [-0.25, -0.2) is 0 Å². The maximum absolute atomic E-state index is 12.2. The predicted octanol–water partition coefficient (Wildman–Crippen LogP) is 3.34. The van der Waals surface area contributed by atoms with E-state index >= 15 is 0 Å². The van der Waals surface area contributed by atoms with Crippen LogP contribution in [0.5, 0.6) is 0 Å². The zero-order valence-electron chi connectivity index (χ0n) is 10.7. The van der Waals surface area contributed by atoms with Crippen molar-refractivity contribution in [2.24, 2.45) is 5.73 Å². The van der Waals surface area contributed by atoms with Crippen molar-refractivity contribution in [1.29, 1.82) is 0 Å². The van der Waals surface area contributed by atoms with Gasteiger partial charge in [0.15, 0.2) is 0 Å². The first-order chi connectivity index (χ1) is 9.00. The molecule has 0 heterocycles. The molecule has 0 spiro atoms. The maximum atomic E-state index is 12.2. The molecule has 0 atom stereocenters. The van der Waals surface area contributed by atoms with E-state index in [2.05, 4.69) is 27.9 Å². The minimum atomic E-state index is -0.238. The molecule has 1 amide bonds. The quantitative estimate of drug-likeness (QED) is 0.775. The van der Waals surface area contributed by atoms with Gasteiger partial charge in [0.1, 0.15) is 0 Å². The van der Waals surface area contributed by atoms with E-state index in [1.54, 1.807) is 12.1 Å². The molecule has 0 aliphatic heterocycles. The number of hydrogen-bond acceptors (Lipinski definition) is 2. The topological polar surface area (TPSA) is 55.1 Å². The van der Waals surface area contributed by atoms with Crippen LogP contribution >= 0.6 is 34.2 Å². The van der Waals surface area contributed by atoms with Gasteiger partial charge in [0.25, 0.3) is 5.91 Å². The molecule has 0 saturated heterocycles. The van der Waals surface area contributed by atoms with Crippen molar-refractivity contribution >= 4 is 40.1 Å². The Morgan fingerprint density at radius 3 is 2.74 bits per heavy atom. The molecule has 2 rings (SSSR count). The van der Waals surface area contributed by atoms with E-state index in [1.807, 2.05) is 6.07 Å². The SMILES string of the molecule is NC1(CNC(=O)c2cc(Cl)ccc2I)CCCCC1. The number of amides is 1. The molecule has 104 valence electrons. The number of hydrogen-bond donors (Lipinski definition) is 2. The summed E-state index contributed by atoms with van der Waals surface area (Å²) < 4.78 is 0.897. The lowest BCUT2D eigenvalue weighted by atomic mass is 9.82. The molecule has 0 radical (unpaired) electrons. The summed E-state index contributed by atoms with van der Waals surface area (Å²) in [6, 6.07) is 5.32. The standard InChI is InChI=1S/C14H18ClIN2O/c15-10-4-5-12(16)11(8-10)13(19)18-9-14(17)6-2-1-3-7-14/h4-5,8H,1-3,6-7,9,17H2,(H,18,19). The van der Waals surface area contributed by atoms with Crippen LogP contribution in [-0.4, -0.2) is 18.0 Å². The predicted molar refractivity (Wildman–Crippen MR) is 86.5 cm³/mol. The Morgan fingerprint density at radius 1 is 1.37 bits per heavy atom. The highest BCUT2D eigenvalue weighted by molar-refractivity contribution is 14.1. The number of nitrogens with one attached hydrogen (secondary N) is 1. The molecule has 0 unspecified atom stereocenters. The fourth-order valence-electron chi connectivity index (χ4n) is 2.46. The molecule has 1 saturated carbocycles. The summed E-state index contributed by atoms with van der Waals surface area (Å²) in [4.78, 5) is 12.2. The highest BCUT2D eigenvalue weighted by atomic mass is 127. The van der Waals surface area contributed by atoms with Crippen LogP contribution in [0.25, 0.3) is 0 Å². The largest absolute Gasteiger partial charge is 0.350 e. The molecule has 3 N–H and O–H groups in total. The van der Waals surface area contributed by atoms with Crippen LogP contribution < -0.4 is 11.1 Å². The van der Waals surface area contributed by atoms with Gasteiger partial charge in [-0.1, -0.05) is 30.9 Å². The number of benzene rings is 1. The van der Waals surface area contributed by atoms with E-state index in [9.17, 15) is 4.79 Å². The zero-order chi connectivity index (χ0) is 13.9. The van der Waals surface area contributed by atoms with Crippen LogP contribution in [0.4, 0.5) is 0 Å². The van der Waals surface area contributed by atoms with Crippen LogP contribution in [0.3, 0.4) is 0 Å². The molecule has 0 bridgehead atoms. The molecule has 1 aromatic carbocycles. The minimum absolute atomic E-state index is 0.0951. The van der Waals surface area contributed by atoms with E-state index in [1.165, 1.54) is 6.42 Å². The van der Waals surface area contributed by atoms with Crippen LogP contribution in [0.1, 0.15) is 42.5 Å². The van der Waals surface area contributed by atoms with Gasteiger partial charge in [0.2, 0.25) is 0 Å². The summed E-state index contributed by atoms with van der Waals surface area (Å²) in [6.07, 6.45) is 5.53. The van der Waals surface area contributed by atoms with Crippen molar-refractivity contribution in [2.45, 2.75) is 37.6 Å². The Labute approximate surface area is 132 Å². The molecular weight excluding hydrogens is 375 g/mol. The van der Waals surface area contributed by atoms with Gasteiger partial charge in [-0.3, -0.25) is 4.79 Å². The fourth-order valence-corrected chi connectivity index (χ4v) is 3.21. The fraction of sp³-hybridized carbons (Fsp3) is 0.500. The summed E-state index contributed by atoms with van der Waals surface area (Å²) in [5.74, 6) is -0.0951. The Morgan fingerprint density at radius 2 is 2.05 bits per heavy atom. The van der Waals surface area contributed by atoms with Crippen molar-refractivity contribution in [3.63, 3.8) is 0 Å². The van der Waals surface area contributed by atoms with E-state index in [4.69, 9.17) is 17.3 Å². The summed E-state index contributed by atoms with van der Waals surface area (Å²) in [5, 5.41) is 3.52. The molecule has 1 aliphatic carbocycles. The van der Waals surface area contributed by atoms with Crippen LogP contribution in [-0.2, 0) is 0 Å². The number of carbonyl (C=O) groups excluding carboxylic acids is 1. The normalized spacial score (nSPS) is 18.1. The minimum Gasteiger partial charge on any atom is -0.350 e. The second-order valence-electron chi connectivity index (χ2n) is 5.23. The first kappa shape index (κ1) is 15.1. The molecule has 3 nitrogen and oxygen atoms in total. The molecule has 1 fully saturated rings. The lowest BCUT2D eigenvalue weighted by Crippen LogP contribution is -2.51.